The van der Waals surface area contributed by atoms with Crippen molar-refractivity contribution in [3.05, 3.63) is 77.5 Å². The standard InChI is InChI=1S/C23H28N6O.HI/c1-17-6-4-5-7-20(17)21-16-28(12-13-30-21)23(24-3)27-15-19-8-9-22(26-14-19)29-11-10-25-18(29)2;/h4-11,14,21H,12-13,15-16H2,1-3H3,(H,24,27);1H. The number of guanidine groups is 1. The fourth-order valence-electron chi connectivity index (χ4n) is 3.78. The van der Waals surface area contributed by atoms with Crippen molar-refractivity contribution in [2.24, 2.45) is 4.99 Å². The zero-order valence-electron chi connectivity index (χ0n) is 18.2. The molecule has 1 N–H and O–H groups in total. The van der Waals surface area contributed by atoms with Gasteiger partial charge in [-0.05, 0) is 36.6 Å². The van der Waals surface area contributed by atoms with Crippen LogP contribution in [0, 0.1) is 13.8 Å². The molecule has 2 aromatic heterocycles. The molecule has 1 aliphatic rings. The van der Waals surface area contributed by atoms with Crippen LogP contribution >= 0.6 is 24.0 Å². The van der Waals surface area contributed by atoms with Crippen molar-refractivity contribution in [1.82, 2.24) is 24.8 Å². The fourth-order valence-corrected chi connectivity index (χ4v) is 3.78. The van der Waals surface area contributed by atoms with Crippen molar-refractivity contribution in [2.75, 3.05) is 26.7 Å². The molecule has 0 spiro atoms. The molecule has 1 saturated heterocycles. The summed E-state index contributed by atoms with van der Waals surface area (Å²) in [4.78, 5) is 15.6. The van der Waals surface area contributed by atoms with Gasteiger partial charge in [-0.3, -0.25) is 9.56 Å². The average Bonchev–Trinajstić information content (AvgIpc) is 3.21. The first-order chi connectivity index (χ1) is 14.7. The maximum absolute atomic E-state index is 6.05. The van der Waals surface area contributed by atoms with E-state index in [1.807, 2.05) is 37.0 Å². The number of morpholine rings is 1. The largest absolute Gasteiger partial charge is 0.370 e. The number of rotatable bonds is 4. The summed E-state index contributed by atoms with van der Waals surface area (Å²) < 4.78 is 8.02. The highest BCUT2D eigenvalue weighted by molar-refractivity contribution is 14.0. The lowest BCUT2D eigenvalue weighted by Gasteiger charge is -2.35. The van der Waals surface area contributed by atoms with Gasteiger partial charge in [0.1, 0.15) is 17.7 Å². The predicted molar refractivity (Wildman–Crippen MR) is 133 cm³/mol. The highest BCUT2D eigenvalue weighted by Gasteiger charge is 2.25. The Bertz CT molecular complexity index is 1020. The third kappa shape index (κ3) is 5.43. The molecule has 0 bridgehead atoms. The first-order valence-corrected chi connectivity index (χ1v) is 10.2. The van der Waals surface area contributed by atoms with Gasteiger partial charge in [0, 0.05) is 38.7 Å². The van der Waals surface area contributed by atoms with E-state index in [0.29, 0.717) is 13.2 Å². The molecule has 1 unspecified atom stereocenters. The minimum atomic E-state index is 0. The fraction of sp³-hybridized carbons (Fsp3) is 0.348. The molecule has 0 aliphatic carbocycles. The van der Waals surface area contributed by atoms with Crippen LogP contribution in [-0.2, 0) is 11.3 Å². The van der Waals surface area contributed by atoms with E-state index >= 15 is 0 Å². The summed E-state index contributed by atoms with van der Waals surface area (Å²) in [5.41, 5.74) is 3.60. The molecule has 3 aromatic rings. The van der Waals surface area contributed by atoms with Crippen molar-refractivity contribution in [3.8, 4) is 5.82 Å². The van der Waals surface area contributed by atoms with Gasteiger partial charge >= 0.3 is 0 Å². The number of aliphatic imine (C=N–C) groups is 1. The maximum Gasteiger partial charge on any atom is 0.194 e. The number of halogens is 1. The van der Waals surface area contributed by atoms with E-state index in [4.69, 9.17) is 4.74 Å². The summed E-state index contributed by atoms with van der Waals surface area (Å²) >= 11 is 0. The summed E-state index contributed by atoms with van der Waals surface area (Å²) in [5.74, 6) is 2.67. The highest BCUT2D eigenvalue weighted by Crippen LogP contribution is 2.25. The molecule has 164 valence electrons. The normalized spacial score (nSPS) is 16.7. The number of ether oxygens (including phenoxy) is 1. The van der Waals surface area contributed by atoms with Crippen molar-refractivity contribution in [2.45, 2.75) is 26.5 Å². The Hall–Kier alpha value is -2.46. The number of hydrogen-bond donors (Lipinski definition) is 1. The van der Waals surface area contributed by atoms with E-state index < -0.39 is 0 Å². The Labute approximate surface area is 200 Å². The van der Waals surface area contributed by atoms with Gasteiger partial charge in [0.05, 0.1) is 13.2 Å². The van der Waals surface area contributed by atoms with Crippen LogP contribution in [0.4, 0.5) is 0 Å². The van der Waals surface area contributed by atoms with E-state index in [1.54, 1.807) is 6.20 Å². The summed E-state index contributed by atoms with van der Waals surface area (Å²) in [7, 11) is 1.82. The monoisotopic (exact) mass is 532 g/mol. The lowest BCUT2D eigenvalue weighted by atomic mass is 10.0. The molecule has 7 nitrogen and oxygen atoms in total. The number of aryl methyl sites for hydroxylation is 2. The molecular formula is C23H29IN6O. The van der Waals surface area contributed by atoms with Crippen LogP contribution in [0.3, 0.4) is 0 Å². The Morgan fingerprint density at radius 3 is 2.71 bits per heavy atom. The van der Waals surface area contributed by atoms with Gasteiger partial charge in [0.15, 0.2) is 5.96 Å². The Balaban J connectivity index is 0.00000272. The number of benzene rings is 1. The molecule has 3 heterocycles. The number of hydrogen-bond acceptors (Lipinski definition) is 4. The smallest absolute Gasteiger partial charge is 0.194 e. The minimum absolute atomic E-state index is 0. The average molecular weight is 532 g/mol. The van der Waals surface area contributed by atoms with Crippen molar-refractivity contribution in [1.29, 1.82) is 0 Å². The van der Waals surface area contributed by atoms with Crippen LogP contribution in [0.1, 0.15) is 28.6 Å². The predicted octanol–water partition coefficient (Wildman–Crippen LogP) is 3.65. The van der Waals surface area contributed by atoms with Crippen molar-refractivity contribution in [3.63, 3.8) is 0 Å². The van der Waals surface area contributed by atoms with Gasteiger partial charge in [-0.25, -0.2) is 9.97 Å². The van der Waals surface area contributed by atoms with E-state index in [0.717, 1.165) is 36.3 Å². The van der Waals surface area contributed by atoms with Crippen LogP contribution in [0.25, 0.3) is 5.82 Å². The first-order valence-electron chi connectivity index (χ1n) is 10.2. The Morgan fingerprint density at radius 1 is 1.19 bits per heavy atom. The zero-order valence-corrected chi connectivity index (χ0v) is 20.5. The molecule has 4 rings (SSSR count). The van der Waals surface area contributed by atoms with E-state index in [9.17, 15) is 0 Å². The van der Waals surface area contributed by atoms with Gasteiger partial charge in [-0.15, -0.1) is 24.0 Å². The second-order valence-electron chi connectivity index (χ2n) is 7.43. The molecule has 1 aromatic carbocycles. The van der Waals surface area contributed by atoms with Crippen LogP contribution in [0.2, 0.25) is 0 Å². The SMILES string of the molecule is CN=C(NCc1ccc(-n2ccnc2C)nc1)N1CCOC(c2ccccc2C)C1.I. The molecular weight excluding hydrogens is 503 g/mol. The summed E-state index contributed by atoms with van der Waals surface area (Å²) in [6.45, 7) is 7.04. The second kappa shape index (κ2) is 10.7. The molecule has 31 heavy (non-hydrogen) atoms. The topological polar surface area (TPSA) is 67.6 Å². The molecule has 1 fully saturated rings. The third-order valence-electron chi connectivity index (χ3n) is 5.45. The van der Waals surface area contributed by atoms with Gasteiger partial charge in [0.25, 0.3) is 0 Å². The lowest BCUT2D eigenvalue weighted by molar-refractivity contribution is -0.00834. The molecule has 1 aliphatic heterocycles. The van der Waals surface area contributed by atoms with Crippen molar-refractivity contribution >= 4 is 29.9 Å². The van der Waals surface area contributed by atoms with E-state index in [1.165, 1.54) is 11.1 Å². The summed E-state index contributed by atoms with van der Waals surface area (Å²) in [5, 5.41) is 3.47. The van der Waals surface area contributed by atoms with E-state index in [2.05, 4.69) is 62.4 Å². The molecule has 0 radical (unpaired) electrons. The Kier molecular flexibility index (Phi) is 8.03. The highest BCUT2D eigenvalue weighted by atomic mass is 127. The third-order valence-corrected chi connectivity index (χ3v) is 5.45. The Morgan fingerprint density at radius 2 is 2.03 bits per heavy atom. The number of aromatic nitrogens is 3. The van der Waals surface area contributed by atoms with Crippen LogP contribution in [0.15, 0.2) is 60.0 Å². The van der Waals surface area contributed by atoms with Crippen molar-refractivity contribution < 1.29 is 4.74 Å². The van der Waals surface area contributed by atoms with Crippen LogP contribution in [-0.4, -0.2) is 52.1 Å². The molecule has 8 heteroatoms. The van der Waals surface area contributed by atoms with Crippen LogP contribution in [0.5, 0.6) is 0 Å². The van der Waals surface area contributed by atoms with Gasteiger partial charge in [0.2, 0.25) is 0 Å². The van der Waals surface area contributed by atoms with E-state index in [-0.39, 0.29) is 30.1 Å². The zero-order chi connectivity index (χ0) is 20.9. The number of pyridine rings is 1. The molecule has 0 amide bonds. The summed E-state index contributed by atoms with van der Waals surface area (Å²) in [6.07, 6.45) is 5.65. The quantitative estimate of drug-likeness (QED) is 0.316. The lowest BCUT2D eigenvalue weighted by Crippen LogP contribution is -2.48. The minimum Gasteiger partial charge on any atom is -0.370 e. The van der Waals surface area contributed by atoms with Crippen LogP contribution < -0.4 is 5.32 Å². The van der Waals surface area contributed by atoms with Gasteiger partial charge < -0.3 is 15.0 Å². The molecule has 0 saturated carbocycles. The number of nitrogens with one attached hydrogen (secondary N) is 1. The number of imidazole rings is 1. The van der Waals surface area contributed by atoms with Gasteiger partial charge in [-0.2, -0.15) is 0 Å². The number of nitrogens with zero attached hydrogens (tertiary/aromatic N) is 5. The summed E-state index contributed by atoms with van der Waals surface area (Å²) in [6, 6.07) is 12.5. The van der Waals surface area contributed by atoms with Gasteiger partial charge in [-0.1, -0.05) is 30.3 Å². The molecule has 1 atom stereocenters. The first kappa shape index (κ1) is 23.2. The maximum atomic E-state index is 6.05. The second-order valence-corrected chi connectivity index (χ2v) is 7.43.